The van der Waals surface area contributed by atoms with Gasteiger partial charge in [0, 0.05) is 0 Å². The van der Waals surface area contributed by atoms with E-state index in [4.69, 9.17) is 4.98 Å². The van der Waals surface area contributed by atoms with Crippen molar-refractivity contribution in [1.82, 2.24) is 14.1 Å². The van der Waals surface area contributed by atoms with Crippen molar-refractivity contribution in [3.63, 3.8) is 0 Å². The first-order valence-corrected chi connectivity index (χ1v) is 8.23. The second-order valence-electron chi connectivity index (χ2n) is 6.05. The summed E-state index contributed by atoms with van der Waals surface area (Å²) in [6, 6.07) is 6.27. The monoisotopic (exact) mass is 311 g/mol. The third kappa shape index (κ3) is 4.28. The van der Waals surface area contributed by atoms with Gasteiger partial charge in [-0.2, -0.15) is 0 Å². The number of nitrogens with zero attached hydrogens (tertiary/aromatic N) is 5. The molecule has 3 aromatic rings. The SMILES string of the molecule is CCCCn1cc[n+](Cc2cccc(Cn3cc[n+](C)c3)n2)c1. The maximum absolute atomic E-state index is 4.78. The molecule has 0 N–H and O–H groups in total. The van der Waals surface area contributed by atoms with Gasteiger partial charge in [-0.3, -0.25) is 0 Å². The van der Waals surface area contributed by atoms with Crippen LogP contribution in [0.1, 0.15) is 31.2 Å². The molecule has 0 spiro atoms. The topological polar surface area (TPSA) is 30.5 Å². The second kappa shape index (κ2) is 7.22. The Hall–Kier alpha value is -2.43. The Labute approximate surface area is 137 Å². The molecule has 0 atom stereocenters. The summed E-state index contributed by atoms with van der Waals surface area (Å²) in [5.41, 5.74) is 2.18. The lowest BCUT2D eigenvalue weighted by Crippen LogP contribution is -2.32. The summed E-state index contributed by atoms with van der Waals surface area (Å²) in [5.74, 6) is 0. The molecule has 0 aliphatic carbocycles. The lowest BCUT2D eigenvalue weighted by molar-refractivity contribution is -0.688. The van der Waals surface area contributed by atoms with Crippen LogP contribution < -0.4 is 9.13 Å². The van der Waals surface area contributed by atoms with Gasteiger partial charge in [0.25, 0.3) is 0 Å². The van der Waals surface area contributed by atoms with Gasteiger partial charge in [-0.05, 0) is 18.6 Å². The van der Waals surface area contributed by atoms with Gasteiger partial charge in [0.1, 0.15) is 37.9 Å². The van der Waals surface area contributed by atoms with Crippen LogP contribution in [-0.4, -0.2) is 14.1 Å². The van der Waals surface area contributed by atoms with Crippen molar-refractivity contribution < 1.29 is 9.13 Å². The van der Waals surface area contributed by atoms with Gasteiger partial charge in [0.2, 0.25) is 12.7 Å². The largest absolute Gasteiger partial charge is 0.250 e. The quantitative estimate of drug-likeness (QED) is 0.611. The van der Waals surface area contributed by atoms with Crippen LogP contribution in [0.3, 0.4) is 0 Å². The first-order chi connectivity index (χ1) is 11.2. The van der Waals surface area contributed by atoms with E-state index in [1.807, 2.05) is 17.8 Å². The fourth-order valence-electron chi connectivity index (χ4n) is 2.68. The van der Waals surface area contributed by atoms with E-state index >= 15 is 0 Å². The van der Waals surface area contributed by atoms with E-state index in [0.717, 1.165) is 31.0 Å². The molecule has 0 amide bonds. The van der Waals surface area contributed by atoms with E-state index in [1.165, 1.54) is 12.8 Å². The third-order valence-electron chi connectivity index (χ3n) is 3.89. The fraction of sp³-hybridized carbons (Fsp3) is 0.389. The molecule has 0 radical (unpaired) electrons. The molecule has 0 saturated heterocycles. The average Bonchev–Trinajstić information content (AvgIpc) is 3.15. The van der Waals surface area contributed by atoms with Crippen LogP contribution in [0.15, 0.2) is 55.6 Å². The summed E-state index contributed by atoms with van der Waals surface area (Å²) < 4.78 is 8.61. The van der Waals surface area contributed by atoms with Crippen molar-refractivity contribution in [1.29, 1.82) is 0 Å². The Balaban J connectivity index is 1.66. The highest BCUT2D eigenvalue weighted by Crippen LogP contribution is 2.02. The lowest BCUT2D eigenvalue weighted by Gasteiger charge is -2.01. The number of imidazole rings is 2. The van der Waals surface area contributed by atoms with Gasteiger partial charge < -0.3 is 0 Å². The van der Waals surface area contributed by atoms with Gasteiger partial charge in [0.15, 0.2) is 0 Å². The minimum atomic E-state index is 0.802. The Morgan fingerprint density at radius 1 is 1.04 bits per heavy atom. The van der Waals surface area contributed by atoms with Crippen LogP contribution in [0.2, 0.25) is 0 Å². The summed E-state index contributed by atoms with van der Waals surface area (Å²) >= 11 is 0. The van der Waals surface area contributed by atoms with Gasteiger partial charge in [-0.1, -0.05) is 19.4 Å². The van der Waals surface area contributed by atoms with Crippen LogP contribution in [0.5, 0.6) is 0 Å². The first-order valence-electron chi connectivity index (χ1n) is 8.23. The number of rotatable bonds is 7. The number of aryl methyl sites for hydroxylation is 2. The summed E-state index contributed by atoms with van der Waals surface area (Å²) in [5, 5.41) is 0. The molecular formula is C18H25N5+2. The smallest absolute Gasteiger partial charge is 0.244 e. The van der Waals surface area contributed by atoms with E-state index in [-0.39, 0.29) is 0 Å². The van der Waals surface area contributed by atoms with Crippen molar-refractivity contribution in [2.75, 3.05) is 0 Å². The first kappa shape index (κ1) is 15.5. The zero-order chi connectivity index (χ0) is 16.1. The fourth-order valence-corrected chi connectivity index (χ4v) is 2.68. The van der Waals surface area contributed by atoms with E-state index in [0.29, 0.717) is 0 Å². The Bertz CT molecular complexity index is 756. The van der Waals surface area contributed by atoms with Crippen molar-refractivity contribution >= 4 is 0 Å². The van der Waals surface area contributed by atoms with Crippen molar-refractivity contribution in [3.8, 4) is 0 Å². The molecule has 0 saturated carbocycles. The molecule has 0 bridgehead atoms. The van der Waals surface area contributed by atoms with E-state index < -0.39 is 0 Å². The molecule has 5 heteroatoms. The molecule has 0 fully saturated rings. The normalized spacial score (nSPS) is 11.0. The van der Waals surface area contributed by atoms with Crippen molar-refractivity contribution in [2.24, 2.45) is 7.05 Å². The zero-order valence-electron chi connectivity index (χ0n) is 14.0. The van der Waals surface area contributed by atoms with Gasteiger partial charge in [-0.25, -0.2) is 23.3 Å². The number of unbranched alkanes of at least 4 members (excludes halogenated alkanes) is 1. The van der Waals surface area contributed by atoms with Crippen molar-refractivity contribution in [3.05, 3.63) is 67.0 Å². The zero-order valence-corrected chi connectivity index (χ0v) is 14.0. The summed E-state index contributed by atoms with van der Waals surface area (Å²) in [6.45, 7) is 4.92. The van der Waals surface area contributed by atoms with Gasteiger partial charge in [0.05, 0.1) is 25.0 Å². The van der Waals surface area contributed by atoms with E-state index in [9.17, 15) is 0 Å². The molecule has 0 unspecified atom stereocenters. The van der Waals surface area contributed by atoms with Gasteiger partial charge >= 0.3 is 0 Å². The number of aromatic nitrogens is 5. The Morgan fingerprint density at radius 3 is 2.65 bits per heavy atom. The minimum absolute atomic E-state index is 0.802. The number of hydrogen-bond acceptors (Lipinski definition) is 1. The van der Waals surface area contributed by atoms with Crippen molar-refractivity contribution in [2.45, 2.75) is 39.4 Å². The third-order valence-corrected chi connectivity index (χ3v) is 3.89. The van der Waals surface area contributed by atoms with Crippen LogP contribution >= 0.6 is 0 Å². The predicted octanol–water partition coefficient (Wildman–Crippen LogP) is 1.69. The highest BCUT2D eigenvalue weighted by molar-refractivity contribution is 5.11. The standard InChI is InChI=1S/C18H25N5/c1-3-4-8-21-11-12-23(16-21)14-18-7-5-6-17(19-18)13-22-10-9-20(2)15-22/h5-7,9-12,15-16H,3-4,8,13-14H2,1-2H3/q+2. The second-order valence-corrected chi connectivity index (χ2v) is 6.05. The summed E-state index contributed by atoms with van der Waals surface area (Å²) in [4.78, 5) is 4.78. The highest BCUT2D eigenvalue weighted by atomic mass is 15.1. The minimum Gasteiger partial charge on any atom is -0.250 e. The van der Waals surface area contributed by atoms with Crippen LogP contribution in [-0.2, 0) is 26.7 Å². The number of hydrogen-bond donors (Lipinski definition) is 0. The Kier molecular flexibility index (Phi) is 4.86. The molecule has 3 rings (SSSR count). The maximum atomic E-state index is 4.78. The molecule has 0 aliphatic heterocycles. The van der Waals surface area contributed by atoms with Crippen LogP contribution in [0, 0.1) is 0 Å². The molecule has 5 nitrogen and oxygen atoms in total. The highest BCUT2D eigenvalue weighted by Gasteiger charge is 2.08. The number of pyridine rings is 1. The van der Waals surface area contributed by atoms with Gasteiger partial charge in [-0.15, -0.1) is 0 Å². The molecule has 0 aliphatic rings. The lowest BCUT2D eigenvalue weighted by atomic mass is 10.3. The molecule has 23 heavy (non-hydrogen) atoms. The van der Waals surface area contributed by atoms with Crippen LogP contribution in [0.4, 0.5) is 0 Å². The average molecular weight is 311 g/mol. The van der Waals surface area contributed by atoms with Crippen LogP contribution in [0.25, 0.3) is 0 Å². The molecular weight excluding hydrogens is 286 g/mol. The predicted molar refractivity (Wildman–Crippen MR) is 87.6 cm³/mol. The summed E-state index contributed by atoms with van der Waals surface area (Å²) in [6.07, 6.45) is 15.0. The molecule has 3 heterocycles. The Morgan fingerprint density at radius 2 is 1.87 bits per heavy atom. The molecule has 3 aromatic heterocycles. The maximum Gasteiger partial charge on any atom is 0.244 e. The molecule has 120 valence electrons. The van der Waals surface area contributed by atoms with E-state index in [2.05, 4.69) is 70.1 Å². The summed E-state index contributed by atoms with van der Waals surface area (Å²) in [7, 11) is 2.03. The molecule has 0 aromatic carbocycles. The van der Waals surface area contributed by atoms with E-state index in [1.54, 1.807) is 0 Å².